The second kappa shape index (κ2) is 10.9. The highest BCUT2D eigenvalue weighted by atomic mass is 16.5. The van der Waals surface area contributed by atoms with Crippen LogP contribution < -0.4 is 10.1 Å². The lowest BCUT2D eigenvalue weighted by Gasteiger charge is -2.23. The standard InChI is InChI=1S/C25H29N7O2/c1-3-34-22-6-4-5-20(12-22)15-27-25(33)23-13-21(11-17(2)28-23)24-29-31-32(30-24)16-19-9-7-18(14-26)8-10-19/h4-6,11-13,18-19H,3,7-10,15-16H2,1-2H3,(H,27,33)/t18-,19-. The fourth-order valence-corrected chi connectivity index (χ4v) is 4.24. The SMILES string of the molecule is CCOc1cccc(CNC(=O)c2cc(-c3nnn(C[C@H]4CC[C@H](C#N)CC4)n3)cc(C)n2)c1. The van der Waals surface area contributed by atoms with E-state index in [-0.39, 0.29) is 11.8 Å². The summed E-state index contributed by atoms with van der Waals surface area (Å²) in [5.41, 5.74) is 2.66. The van der Waals surface area contributed by atoms with Crippen LogP contribution in [0.25, 0.3) is 11.4 Å². The highest BCUT2D eigenvalue weighted by Crippen LogP contribution is 2.29. The Morgan fingerprint density at radius 1 is 1.24 bits per heavy atom. The van der Waals surface area contributed by atoms with Crippen LogP contribution in [0.1, 0.15) is 54.4 Å². The summed E-state index contributed by atoms with van der Waals surface area (Å²) in [7, 11) is 0. The Kier molecular flexibility index (Phi) is 7.48. The van der Waals surface area contributed by atoms with Crippen molar-refractivity contribution in [2.24, 2.45) is 11.8 Å². The average molecular weight is 460 g/mol. The number of tetrazole rings is 1. The number of nitriles is 1. The van der Waals surface area contributed by atoms with Crippen molar-refractivity contribution in [1.82, 2.24) is 30.5 Å². The third-order valence-corrected chi connectivity index (χ3v) is 6.01. The molecule has 0 radical (unpaired) electrons. The maximum absolute atomic E-state index is 12.8. The normalized spacial score (nSPS) is 17.7. The molecule has 0 bridgehead atoms. The molecular weight excluding hydrogens is 430 g/mol. The van der Waals surface area contributed by atoms with Gasteiger partial charge in [0.05, 0.1) is 19.2 Å². The van der Waals surface area contributed by atoms with Gasteiger partial charge in [-0.05, 0) is 80.5 Å². The van der Waals surface area contributed by atoms with Crippen molar-refractivity contribution in [1.29, 1.82) is 5.26 Å². The van der Waals surface area contributed by atoms with E-state index in [0.29, 0.717) is 48.4 Å². The molecule has 0 unspecified atom stereocenters. The summed E-state index contributed by atoms with van der Waals surface area (Å²) in [5.74, 6) is 1.60. The predicted molar refractivity (Wildman–Crippen MR) is 126 cm³/mol. The van der Waals surface area contributed by atoms with Gasteiger partial charge >= 0.3 is 0 Å². The largest absolute Gasteiger partial charge is 0.494 e. The van der Waals surface area contributed by atoms with Crippen LogP contribution >= 0.6 is 0 Å². The van der Waals surface area contributed by atoms with E-state index in [0.717, 1.165) is 37.0 Å². The summed E-state index contributed by atoms with van der Waals surface area (Å²) in [6, 6.07) is 13.5. The second-order valence-corrected chi connectivity index (χ2v) is 8.66. The molecule has 4 rings (SSSR count). The maximum Gasteiger partial charge on any atom is 0.270 e. The van der Waals surface area contributed by atoms with Crippen molar-refractivity contribution in [3.63, 3.8) is 0 Å². The lowest BCUT2D eigenvalue weighted by Crippen LogP contribution is -2.24. The van der Waals surface area contributed by atoms with Crippen LogP contribution in [0.5, 0.6) is 5.75 Å². The summed E-state index contributed by atoms with van der Waals surface area (Å²) in [6.07, 6.45) is 3.86. The Bertz CT molecular complexity index is 1180. The van der Waals surface area contributed by atoms with E-state index >= 15 is 0 Å². The fraction of sp³-hybridized carbons (Fsp3) is 0.440. The van der Waals surface area contributed by atoms with Gasteiger partial charge in [-0.2, -0.15) is 10.1 Å². The average Bonchev–Trinajstić information content (AvgIpc) is 3.32. The molecule has 1 aliphatic carbocycles. The molecule has 0 aliphatic heterocycles. The Hall–Kier alpha value is -3.80. The zero-order valence-corrected chi connectivity index (χ0v) is 19.6. The van der Waals surface area contributed by atoms with Crippen molar-refractivity contribution in [3.8, 4) is 23.2 Å². The van der Waals surface area contributed by atoms with Crippen molar-refractivity contribution in [2.75, 3.05) is 6.61 Å². The second-order valence-electron chi connectivity index (χ2n) is 8.66. The molecule has 2 aromatic heterocycles. The Balaban J connectivity index is 1.40. The van der Waals surface area contributed by atoms with Gasteiger partial charge in [-0.25, -0.2) is 4.98 Å². The van der Waals surface area contributed by atoms with Gasteiger partial charge in [-0.3, -0.25) is 4.79 Å². The fourth-order valence-electron chi connectivity index (χ4n) is 4.24. The molecule has 1 N–H and O–H groups in total. The number of hydrogen-bond donors (Lipinski definition) is 1. The molecular formula is C25H29N7O2. The zero-order chi connectivity index (χ0) is 23.9. The molecule has 1 fully saturated rings. The number of pyridine rings is 1. The minimum absolute atomic E-state index is 0.175. The molecule has 176 valence electrons. The molecule has 34 heavy (non-hydrogen) atoms. The number of benzene rings is 1. The first-order valence-electron chi connectivity index (χ1n) is 11.7. The summed E-state index contributed by atoms with van der Waals surface area (Å²) in [4.78, 5) is 18.8. The first-order valence-corrected chi connectivity index (χ1v) is 11.7. The molecule has 1 aliphatic rings. The molecule has 0 spiro atoms. The van der Waals surface area contributed by atoms with Crippen molar-refractivity contribution in [3.05, 3.63) is 53.3 Å². The minimum atomic E-state index is -0.270. The van der Waals surface area contributed by atoms with Crippen LogP contribution in [0, 0.1) is 30.1 Å². The van der Waals surface area contributed by atoms with Gasteiger partial charge in [0, 0.05) is 23.7 Å². The number of nitrogens with one attached hydrogen (secondary N) is 1. The minimum Gasteiger partial charge on any atom is -0.494 e. The lowest BCUT2D eigenvalue weighted by molar-refractivity contribution is 0.0945. The quantitative estimate of drug-likeness (QED) is 0.545. The predicted octanol–water partition coefficient (Wildman–Crippen LogP) is 3.70. The van der Waals surface area contributed by atoms with Crippen LogP contribution in [0.15, 0.2) is 36.4 Å². The van der Waals surface area contributed by atoms with Crippen LogP contribution in [0.3, 0.4) is 0 Å². The van der Waals surface area contributed by atoms with E-state index in [2.05, 4.69) is 31.8 Å². The Morgan fingerprint density at radius 3 is 2.82 bits per heavy atom. The van der Waals surface area contributed by atoms with Crippen LogP contribution in [-0.4, -0.2) is 37.7 Å². The first-order chi connectivity index (χ1) is 16.5. The lowest BCUT2D eigenvalue weighted by atomic mass is 9.83. The summed E-state index contributed by atoms with van der Waals surface area (Å²) in [5, 5.41) is 24.9. The molecule has 2 heterocycles. The number of hydrogen-bond acceptors (Lipinski definition) is 7. The number of carbonyl (C=O) groups excluding carboxylic acids is 1. The number of aryl methyl sites for hydroxylation is 1. The van der Waals surface area contributed by atoms with Crippen molar-refractivity contribution >= 4 is 5.91 Å². The molecule has 1 amide bonds. The smallest absolute Gasteiger partial charge is 0.270 e. The first kappa shape index (κ1) is 23.4. The summed E-state index contributed by atoms with van der Waals surface area (Å²) in [6.45, 7) is 5.41. The van der Waals surface area contributed by atoms with E-state index in [4.69, 9.17) is 10.00 Å². The zero-order valence-electron chi connectivity index (χ0n) is 19.6. The molecule has 1 aromatic carbocycles. The molecule has 1 saturated carbocycles. The van der Waals surface area contributed by atoms with Crippen LogP contribution in [0.4, 0.5) is 0 Å². The van der Waals surface area contributed by atoms with Gasteiger partial charge in [0.15, 0.2) is 0 Å². The number of amides is 1. The molecule has 9 nitrogen and oxygen atoms in total. The molecule has 0 saturated heterocycles. The van der Waals surface area contributed by atoms with Gasteiger partial charge in [0.2, 0.25) is 5.82 Å². The highest BCUT2D eigenvalue weighted by Gasteiger charge is 2.22. The van der Waals surface area contributed by atoms with Gasteiger partial charge < -0.3 is 10.1 Å². The number of nitrogens with zero attached hydrogens (tertiary/aromatic N) is 6. The number of ether oxygens (including phenoxy) is 1. The van der Waals surface area contributed by atoms with E-state index < -0.39 is 0 Å². The molecule has 3 aromatic rings. The Labute approximate surface area is 199 Å². The van der Waals surface area contributed by atoms with Crippen LogP contribution in [-0.2, 0) is 13.1 Å². The van der Waals surface area contributed by atoms with Crippen LogP contribution in [0.2, 0.25) is 0 Å². The number of rotatable bonds is 8. The van der Waals surface area contributed by atoms with E-state index in [1.54, 1.807) is 10.9 Å². The maximum atomic E-state index is 12.8. The van der Waals surface area contributed by atoms with E-state index in [1.807, 2.05) is 44.2 Å². The highest BCUT2D eigenvalue weighted by molar-refractivity contribution is 5.93. The monoisotopic (exact) mass is 459 g/mol. The van der Waals surface area contributed by atoms with Gasteiger partial charge in [-0.1, -0.05) is 12.1 Å². The van der Waals surface area contributed by atoms with Gasteiger partial charge in [0.25, 0.3) is 5.91 Å². The van der Waals surface area contributed by atoms with Gasteiger partial charge in [0.1, 0.15) is 11.4 Å². The van der Waals surface area contributed by atoms with Crippen molar-refractivity contribution < 1.29 is 9.53 Å². The molecule has 0 atom stereocenters. The number of aromatic nitrogens is 5. The van der Waals surface area contributed by atoms with Crippen molar-refractivity contribution in [2.45, 2.75) is 52.6 Å². The molecule has 9 heteroatoms. The van der Waals surface area contributed by atoms with Gasteiger partial charge in [-0.15, -0.1) is 10.2 Å². The summed E-state index contributed by atoms with van der Waals surface area (Å²) >= 11 is 0. The van der Waals surface area contributed by atoms with E-state index in [9.17, 15) is 4.79 Å². The summed E-state index contributed by atoms with van der Waals surface area (Å²) < 4.78 is 5.52. The number of carbonyl (C=O) groups is 1. The topological polar surface area (TPSA) is 119 Å². The van der Waals surface area contributed by atoms with E-state index in [1.165, 1.54) is 0 Å². The Morgan fingerprint density at radius 2 is 2.06 bits per heavy atom. The third kappa shape index (κ3) is 5.95. The third-order valence-electron chi connectivity index (χ3n) is 6.01.